The van der Waals surface area contributed by atoms with Crippen molar-refractivity contribution in [3.8, 4) is 11.5 Å². The third kappa shape index (κ3) is 6.57. The SMILES string of the molecule is COCOCC(CO)(CCc1ccc2sc3ccc(Oc4ccc(Cl)cc4)cc3c(=O)c2c1)NC(=O)O. The first kappa shape index (κ1) is 26.8. The van der Waals surface area contributed by atoms with Gasteiger partial charge in [0.1, 0.15) is 18.3 Å². The van der Waals surface area contributed by atoms with Gasteiger partial charge in [-0.25, -0.2) is 4.79 Å². The predicted molar refractivity (Wildman–Crippen MR) is 144 cm³/mol. The quantitative estimate of drug-likeness (QED) is 0.132. The molecular weight excluding hydrogens is 518 g/mol. The summed E-state index contributed by atoms with van der Waals surface area (Å²) in [7, 11) is 1.46. The maximum atomic E-state index is 13.4. The van der Waals surface area contributed by atoms with Crippen LogP contribution in [0.25, 0.3) is 20.2 Å². The fourth-order valence-electron chi connectivity index (χ4n) is 4.01. The summed E-state index contributed by atoms with van der Waals surface area (Å²) in [5.41, 5.74) is -0.492. The van der Waals surface area contributed by atoms with Crippen LogP contribution in [-0.4, -0.2) is 49.0 Å². The monoisotopic (exact) mass is 543 g/mol. The van der Waals surface area contributed by atoms with E-state index in [9.17, 15) is 19.8 Å². The molecule has 194 valence electrons. The number of rotatable bonds is 11. The molecule has 0 aliphatic heterocycles. The molecule has 0 saturated heterocycles. The molecule has 37 heavy (non-hydrogen) atoms. The Bertz CT molecular complexity index is 1460. The number of aryl methyl sites for hydroxylation is 1. The maximum Gasteiger partial charge on any atom is 0.405 e. The van der Waals surface area contributed by atoms with E-state index in [0.29, 0.717) is 33.7 Å². The lowest BCUT2D eigenvalue weighted by molar-refractivity contribution is -0.0621. The number of aliphatic hydroxyl groups is 1. The summed E-state index contributed by atoms with van der Waals surface area (Å²) < 4.78 is 17.8. The zero-order valence-electron chi connectivity index (χ0n) is 20.0. The molecule has 1 amide bonds. The highest BCUT2D eigenvalue weighted by molar-refractivity contribution is 7.24. The summed E-state index contributed by atoms with van der Waals surface area (Å²) >= 11 is 7.44. The highest BCUT2D eigenvalue weighted by atomic mass is 35.5. The molecule has 4 rings (SSSR count). The number of aliphatic hydroxyl groups excluding tert-OH is 1. The van der Waals surface area contributed by atoms with Crippen molar-refractivity contribution >= 4 is 49.2 Å². The third-order valence-electron chi connectivity index (χ3n) is 5.90. The fraction of sp³-hybridized carbons (Fsp3) is 0.259. The third-order valence-corrected chi connectivity index (χ3v) is 7.30. The minimum Gasteiger partial charge on any atom is -0.465 e. The van der Waals surface area contributed by atoms with Crippen LogP contribution in [0.3, 0.4) is 0 Å². The summed E-state index contributed by atoms with van der Waals surface area (Å²) in [6, 6.07) is 18.0. The molecular formula is C27H26ClNO7S. The normalized spacial score (nSPS) is 12.9. The van der Waals surface area contributed by atoms with Crippen molar-refractivity contribution in [2.45, 2.75) is 18.4 Å². The van der Waals surface area contributed by atoms with Crippen LogP contribution in [0, 0.1) is 0 Å². The average Bonchev–Trinajstić information content (AvgIpc) is 2.89. The Labute approximate surface area is 222 Å². The Balaban J connectivity index is 1.61. The summed E-state index contributed by atoms with van der Waals surface area (Å²) in [4.78, 5) is 24.8. The Kier molecular flexibility index (Phi) is 8.63. The van der Waals surface area contributed by atoms with Gasteiger partial charge in [-0.2, -0.15) is 0 Å². The second-order valence-corrected chi connectivity index (χ2v) is 10.1. The van der Waals surface area contributed by atoms with Crippen LogP contribution in [0.5, 0.6) is 11.5 Å². The largest absolute Gasteiger partial charge is 0.465 e. The van der Waals surface area contributed by atoms with Crippen LogP contribution < -0.4 is 15.5 Å². The van der Waals surface area contributed by atoms with E-state index in [4.69, 9.17) is 25.8 Å². The van der Waals surface area contributed by atoms with Gasteiger partial charge >= 0.3 is 6.09 Å². The number of methoxy groups -OCH3 is 1. The number of nitrogens with one attached hydrogen (secondary N) is 1. The van der Waals surface area contributed by atoms with E-state index in [1.807, 2.05) is 30.3 Å². The first-order valence-corrected chi connectivity index (χ1v) is 12.6. The molecule has 1 heterocycles. The molecule has 0 fully saturated rings. The molecule has 3 aromatic carbocycles. The van der Waals surface area contributed by atoms with E-state index < -0.39 is 18.2 Å². The van der Waals surface area contributed by atoms with Gasteiger partial charge in [0, 0.05) is 32.3 Å². The summed E-state index contributed by atoms with van der Waals surface area (Å²) in [5.74, 6) is 1.15. The first-order chi connectivity index (χ1) is 17.8. The van der Waals surface area contributed by atoms with E-state index in [0.717, 1.165) is 15.0 Å². The van der Waals surface area contributed by atoms with E-state index >= 15 is 0 Å². The minimum absolute atomic E-state index is 0.0310. The van der Waals surface area contributed by atoms with E-state index in [1.165, 1.54) is 18.4 Å². The highest BCUT2D eigenvalue weighted by Crippen LogP contribution is 2.30. The topological polar surface area (TPSA) is 114 Å². The van der Waals surface area contributed by atoms with Crippen LogP contribution in [-0.2, 0) is 15.9 Å². The van der Waals surface area contributed by atoms with Crippen molar-refractivity contribution < 1.29 is 29.2 Å². The van der Waals surface area contributed by atoms with Crippen LogP contribution in [0.15, 0.2) is 65.5 Å². The van der Waals surface area contributed by atoms with Crippen LogP contribution in [0.2, 0.25) is 5.02 Å². The summed E-state index contributed by atoms with van der Waals surface area (Å²) in [6.07, 6.45) is -0.593. The number of amides is 1. The van der Waals surface area contributed by atoms with Gasteiger partial charge in [0.15, 0.2) is 5.43 Å². The molecule has 10 heteroatoms. The molecule has 1 unspecified atom stereocenters. The van der Waals surface area contributed by atoms with Crippen molar-refractivity contribution in [1.82, 2.24) is 5.32 Å². The average molecular weight is 544 g/mol. The molecule has 1 atom stereocenters. The molecule has 0 aliphatic carbocycles. The van der Waals surface area contributed by atoms with Crippen LogP contribution in [0.1, 0.15) is 12.0 Å². The minimum atomic E-state index is -1.26. The number of carbonyl (C=O) groups is 1. The van der Waals surface area contributed by atoms with Gasteiger partial charge in [-0.1, -0.05) is 17.7 Å². The highest BCUT2D eigenvalue weighted by Gasteiger charge is 2.31. The molecule has 0 bridgehead atoms. The molecule has 0 radical (unpaired) electrons. The van der Waals surface area contributed by atoms with Gasteiger partial charge in [-0.3, -0.25) is 4.79 Å². The van der Waals surface area contributed by atoms with Gasteiger partial charge in [0.25, 0.3) is 0 Å². The lowest BCUT2D eigenvalue weighted by atomic mass is 9.92. The van der Waals surface area contributed by atoms with E-state index in [2.05, 4.69) is 5.32 Å². The van der Waals surface area contributed by atoms with E-state index in [-0.39, 0.29) is 25.2 Å². The number of hydrogen-bond donors (Lipinski definition) is 3. The van der Waals surface area contributed by atoms with Crippen molar-refractivity contribution in [2.75, 3.05) is 27.1 Å². The van der Waals surface area contributed by atoms with Crippen molar-refractivity contribution in [3.05, 3.63) is 81.5 Å². The summed E-state index contributed by atoms with van der Waals surface area (Å²) in [6.45, 7) is -0.545. The van der Waals surface area contributed by atoms with Gasteiger partial charge in [-0.15, -0.1) is 11.3 Å². The molecule has 0 aliphatic rings. The van der Waals surface area contributed by atoms with Gasteiger partial charge < -0.3 is 29.7 Å². The molecule has 8 nitrogen and oxygen atoms in total. The van der Waals surface area contributed by atoms with Gasteiger partial charge in [0.2, 0.25) is 0 Å². The molecule has 3 N–H and O–H groups in total. The van der Waals surface area contributed by atoms with Crippen LogP contribution in [0.4, 0.5) is 4.79 Å². The Morgan fingerprint density at radius 1 is 1.03 bits per heavy atom. The Hall–Kier alpha value is -3.21. The molecule has 0 spiro atoms. The molecule has 1 aromatic heterocycles. The summed E-state index contributed by atoms with van der Waals surface area (Å²) in [5, 5.41) is 23.3. The lowest BCUT2D eigenvalue weighted by Crippen LogP contribution is -2.54. The lowest BCUT2D eigenvalue weighted by Gasteiger charge is -2.31. The zero-order chi connectivity index (χ0) is 26.4. The second-order valence-electron chi connectivity index (χ2n) is 8.60. The Morgan fingerprint density at radius 3 is 2.38 bits per heavy atom. The van der Waals surface area contributed by atoms with Crippen LogP contribution >= 0.6 is 22.9 Å². The van der Waals surface area contributed by atoms with Crippen molar-refractivity contribution in [3.63, 3.8) is 0 Å². The maximum absolute atomic E-state index is 13.4. The number of halogens is 1. The number of hydrogen-bond acceptors (Lipinski definition) is 7. The van der Waals surface area contributed by atoms with Crippen molar-refractivity contribution in [1.29, 1.82) is 0 Å². The smallest absolute Gasteiger partial charge is 0.405 e. The number of benzene rings is 3. The number of carboxylic acid groups (broad SMARTS) is 1. The molecule has 0 saturated carbocycles. The standard InChI is InChI=1S/C27H26ClNO7S/c1-34-16-35-15-27(14-30,29-26(32)33)11-10-17-2-8-23-21(12-17)25(31)22-13-20(7-9-24(22)37-23)36-19-5-3-18(28)4-6-19/h2-9,12-13,29-30H,10-11,14-16H2,1H3,(H,32,33). The fourth-order valence-corrected chi connectivity index (χ4v) is 5.16. The predicted octanol–water partition coefficient (Wildman–Crippen LogP) is 5.41. The van der Waals surface area contributed by atoms with Crippen molar-refractivity contribution in [2.24, 2.45) is 0 Å². The zero-order valence-corrected chi connectivity index (χ0v) is 21.6. The number of fused-ring (bicyclic) bond motifs is 2. The van der Waals surface area contributed by atoms with E-state index in [1.54, 1.807) is 30.3 Å². The Morgan fingerprint density at radius 2 is 1.70 bits per heavy atom. The van der Waals surface area contributed by atoms with Gasteiger partial charge in [0.05, 0.1) is 18.8 Å². The number of ether oxygens (including phenoxy) is 3. The second kappa shape index (κ2) is 11.9. The first-order valence-electron chi connectivity index (χ1n) is 11.4. The van der Waals surface area contributed by atoms with Gasteiger partial charge in [-0.05, 0) is 73.0 Å². The molecule has 4 aromatic rings.